The normalized spacial score (nSPS) is 26.2. The third kappa shape index (κ3) is 16.0. The Hall–Kier alpha value is -0.130. The summed E-state index contributed by atoms with van der Waals surface area (Å²) in [4.78, 5) is 88.5. The van der Waals surface area contributed by atoms with Crippen LogP contribution in [0.1, 0.15) is 65.2 Å². The summed E-state index contributed by atoms with van der Waals surface area (Å²) in [7, 11) is -22.8. The summed E-state index contributed by atoms with van der Waals surface area (Å²) < 4.78 is 76.5. The largest absolute Gasteiger partial charge is 0.470 e. The van der Waals surface area contributed by atoms with E-state index in [-0.39, 0.29) is 19.4 Å². The van der Waals surface area contributed by atoms with E-state index in [1.54, 1.807) is 6.92 Å². The molecule has 0 spiro atoms. The number of esters is 1. The van der Waals surface area contributed by atoms with Gasteiger partial charge in [0.25, 0.3) is 0 Å². The Labute approximate surface area is 235 Å². The van der Waals surface area contributed by atoms with Crippen molar-refractivity contribution in [1.29, 1.82) is 0 Å². The Bertz CT molecular complexity index is 1000. The first-order valence-corrected chi connectivity index (χ1v) is 18.6. The summed E-state index contributed by atoms with van der Waals surface area (Å²) in [6.07, 6.45) is -10.0. The molecule has 23 heteroatoms. The van der Waals surface area contributed by atoms with Crippen molar-refractivity contribution in [3.8, 4) is 0 Å². The number of rotatable bonds is 19. The molecule has 1 aliphatic carbocycles. The Morgan fingerprint density at radius 1 is 0.537 bits per heavy atom. The van der Waals surface area contributed by atoms with Gasteiger partial charge in [0.05, 0.1) is 0 Å². The van der Waals surface area contributed by atoms with Gasteiger partial charge in [-0.05, 0) is 12.8 Å². The van der Waals surface area contributed by atoms with Gasteiger partial charge in [-0.3, -0.25) is 22.9 Å². The first-order chi connectivity index (χ1) is 18.7. The minimum Gasteiger partial charge on any atom is -0.457 e. The minimum absolute atomic E-state index is 0.188. The van der Waals surface area contributed by atoms with E-state index in [9.17, 15) is 62.2 Å². The summed E-state index contributed by atoms with van der Waals surface area (Å²) in [5.74, 6) is -1.07. The molecule has 19 nitrogen and oxygen atoms in total. The number of ether oxygens (including phenoxy) is 2. The fourth-order valence-corrected chi connectivity index (χ4v) is 6.30. The van der Waals surface area contributed by atoms with Crippen LogP contribution in [0.4, 0.5) is 0 Å². The Kier molecular flexibility index (Phi) is 15.9. The maximum atomic E-state index is 12.5. The van der Waals surface area contributed by atoms with Crippen LogP contribution in [-0.2, 0) is 50.6 Å². The van der Waals surface area contributed by atoms with E-state index in [4.69, 9.17) is 9.47 Å². The standard InChI is InChI=1S/C18H38O19P4/c1-3-5-6-7-8-9-11-32-13-14(33-12(19)10-4-2)16(35-39(23,24)25)18(37-41(29,30)31)17(36-40(26,27)28)15(13)34-38(20,21)22/h13-18H,3-11H2,1-2H3,(H2,20,21,22)(H2,23,24,25)(H2,26,27,28)(H2,29,30,31)/t13-,14+,15+,16+,17-,18-/m1/s1. The van der Waals surface area contributed by atoms with Crippen LogP contribution >= 0.6 is 31.3 Å². The highest BCUT2D eigenvalue weighted by Gasteiger charge is 2.61. The number of carbonyl (C=O) groups excluding carboxylic acids is 1. The molecule has 0 amide bonds. The fraction of sp³-hybridized carbons (Fsp3) is 0.944. The molecule has 0 radical (unpaired) electrons. The van der Waals surface area contributed by atoms with Crippen LogP contribution in [0.5, 0.6) is 0 Å². The number of carbonyl (C=O) groups is 1. The molecule has 0 aromatic carbocycles. The van der Waals surface area contributed by atoms with E-state index < -0.39 is 73.9 Å². The van der Waals surface area contributed by atoms with Crippen molar-refractivity contribution in [3.05, 3.63) is 0 Å². The SMILES string of the molecule is CCCCCCCCO[C@@H]1[C@H](OC(=O)CCC)[C@H](OP(=O)(O)O)[C@@H](OP(=O)(O)O)[C@H](OP(=O)(O)O)[C@H]1OP(=O)(O)O. The molecule has 6 atom stereocenters. The van der Waals surface area contributed by atoms with Crippen molar-refractivity contribution in [2.45, 2.75) is 102 Å². The van der Waals surface area contributed by atoms with E-state index in [1.165, 1.54) is 0 Å². The molecule has 1 rings (SSSR count). The summed E-state index contributed by atoms with van der Waals surface area (Å²) in [5, 5.41) is 0. The average molecular weight is 682 g/mol. The first kappa shape index (κ1) is 38.9. The van der Waals surface area contributed by atoms with Crippen LogP contribution in [0, 0.1) is 0 Å². The van der Waals surface area contributed by atoms with Crippen LogP contribution in [-0.4, -0.2) is 88.3 Å². The van der Waals surface area contributed by atoms with Gasteiger partial charge in [0.1, 0.15) is 30.5 Å². The molecule has 0 aromatic heterocycles. The van der Waals surface area contributed by atoms with Crippen LogP contribution in [0.2, 0.25) is 0 Å². The van der Waals surface area contributed by atoms with E-state index in [2.05, 4.69) is 18.1 Å². The molecule has 0 unspecified atom stereocenters. The second-order valence-corrected chi connectivity index (χ2v) is 13.8. The minimum atomic E-state index is -5.75. The number of phosphoric ester groups is 4. The molecular weight excluding hydrogens is 644 g/mol. The van der Waals surface area contributed by atoms with Crippen molar-refractivity contribution in [2.24, 2.45) is 0 Å². The third-order valence-electron chi connectivity index (χ3n) is 5.51. The van der Waals surface area contributed by atoms with Crippen molar-refractivity contribution in [1.82, 2.24) is 0 Å². The van der Waals surface area contributed by atoms with Crippen molar-refractivity contribution in [3.63, 3.8) is 0 Å². The molecule has 0 heterocycles. The van der Waals surface area contributed by atoms with Gasteiger partial charge in [-0.25, -0.2) is 18.3 Å². The van der Waals surface area contributed by atoms with Gasteiger partial charge in [0, 0.05) is 13.0 Å². The summed E-state index contributed by atoms with van der Waals surface area (Å²) in [6, 6.07) is 0. The highest BCUT2D eigenvalue weighted by atomic mass is 31.2. The predicted octanol–water partition coefficient (Wildman–Crippen LogP) is 1.37. The second-order valence-electron chi connectivity index (χ2n) is 9.05. The lowest BCUT2D eigenvalue weighted by molar-refractivity contribution is -0.232. The first-order valence-electron chi connectivity index (χ1n) is 12.4. The molecule has 41 heavy (non-hydrogen) atoms. The van der Waals surface area contributed by atoms with E-state index in [0.29, 0.717) is 12.8 Å². The van der Waals surface area contributed by atoms with Gasteiger partial charge in [-0.2, -0.15) is 0 Å². The van der Waals surface area contributed by atoms with E-state index >= 15 is 0 Å². The molecule has 244 valence electrons. The molecule has 1 aliphatic rings. The lowest BCUT2D eigenvalue weighted by Crippen LogP contribution is -2.67. The predicted molar refractivity (Wildman–Crippen MR) is 136 cm³/mol. The van der Waals surface area contributed by atoms with E-state index in [1.807, 2.05) is 6.92 Å². The van der Waals surface area contributed by atoms with Gasteiger partial charge in [-0.1, -0.05) is 46.0 Å². The highest BCUT2D eigenvalue weighted by Crippen LogP contribution is 2.53. The molecule has 0 aliphatic heterocycles. The molecule has 0 saturated heterocycles. The van der Waals surface area contributed by atoms with Gasteiger partial charge < -0.3 is 48.6 Å². The van der Waals surface area contributed by atoms with Crippen LogP contribution in [0.15, 0.2) is 0 Å². The Balaban J connectivity index is 3.72. The monoisotopic (exact) mass is 682 g/mol. The van der Waals surface area contributed by atoms with E-state index in [0.717, 1.165) is 25.7 Å². The number of hydrogen-bond acceptors (Lipinski definition) is 11. The third-order valence-corrected chi connectivity index (χ3v) is 7.58. The second kappa shape index (κ2) is 16.8. The zero-order valence-electron chi connectivity index (χ0n) is 22.2. The van der Waals surface area contributed by atoms with Crippen molar-refractivity contribution < 1.29 is 89.8 Å². The Morgan fingerprint density at radius 3 is 1.29 bits per heavy atom. The molecule has 0 aromatic rings. The van der Waals surface area contributed by atoms with Crippen LogP contribution in [0.3, 0.4) is 0 Å². The number of phosphoric acid groups is 4. The van der Waals surface area contributed by atoms with Crippen LogP contribution in [0.25, 0.3) is 0 Å². The lowest BCUT2D eigenvalue weighted by atomic mass is 9.84. The van der Waals surface area contributed by atoms with Gasteiger partial charge in [0.2, 0.25) is 0 Å². The smallest absolute Gasteiger partial charge is 0.457 e. The highest BCUT2D eigenvalue weighted by molar-refractivity contribution is 7.47. The quantitative estimate of drug-likeness (QED) is 0.0542. The lowest BCUT2D eigenvalue weighted by Gasteiger charge is -2.48. The summed E-state index contributed by atoms with van der Waals surface area (Å²) in [6.45, 7) is 3.31. The molecule has 1 saturated carbocycles. The number of unbranched alkanes of at least 4 members (excludes halogenated alkanes) is 5. The van der Waals surface area contributed by atoms with Gasteiger partial charge in [0.15, 0.2) is 6.10 Å². The van der Waals surface area contributed by atoms with Gasteiger partial charge >= 0.3 is 37.3 Å². The number of hydrogen-bond donors (Lipinski definition) is 8. The van der Waals surface area contributed by atoms with Crippen molar-refractivity contribution >= 4 is 37.3 Å². The zero-order valence-corrected chi connectivity index (χ0v) is 25.8. The molecule has 0 bridgehead atoms. The van der Waals surface area contributed by atoms with Crippen molar-refractivity contribution in [2.75, 3.05) is 6.61 Å². The molecular formula is C18H38O19P4. The summed E-state index contributed by atoms with van der Waals surface area (Å²) >= 11 is 0. The Morgan fingerprint density at radius 2 is 0.902 bits per heavy atom. The van der Waals surface area contributed by atoms with Gasteiger partial charge in [-0.15, -0.1) is 0 Å². The van der Waals surface area contributed by atoms with Crippen LogP contribution < -0.4 is 0 Å². The maximum absolute atomic E-state index is 12.5. The maximum Gasteiger partial charge on any atom is 0.470 e. The summed E-state index contributed by atoms with van der Waals surface area (Å²) in [5.41, 5.74) is 0. The fourth-order valence-electron chi connectivity index (χ4n) is 4.08. The average Bonchev–Trinajstić information content (AvgIpc) is 2.76. The molecule has 1 fully saturated rings. The topological polar surface area (TPSA) is 303 Å². The zero-order chi connectivity index (χ0) is 31.6. The molecule has 8 N–H and O–H groups in total.